The second-order valence-electron chi connectivity index (χ2n) is 7.44. The Hall–Kier alpha value is -1.63. The molecule has 0 atom stereocenters. The van der Waals surface area contributed by atoms with E-state index in [-0.39, 0.29) is 32.5 Å². The number of hydrogen-bond acceptors (Lipinski definition) is 3. The van der Waals surface area contributed by atoms with Gasteiger partial charge in [-0.15, -0.1) is 0 Å². The Kier molecular flexibility index (Phi) is 8.09. The van der Waals surface area contributed by atoms with Crippen LogP contribution in [0.1, 0.15) is 61.8 Å². The van der Waals surface area contributed by atoms with Crippen molar-refractivity contribution < 1.29 is 21.6 Å². The van der Waals surface area contributed by atoms with E-state index in [2.05, 4.69) is 10.8 Å². The van der Waals surface area contributed by atoms with Crippen LogP contribution in [0.3, 0.4) is 0 Å². The number of piperidine rings is 1. The molecule has 0 spiro atoms. The van der Waals surface area contributed by atoms with Gasteiger partial charge in [0.2, 0.25) is 0 Å². The van der Waals surface area contributed by atoms with Gasteiger partial charge in [0, 0.05) is 19.6 Å². The van der Waals surface area contributed by atoms with Crippen LogP contribution in [-0.2, 0) is 29.6 Å². The van der Waals surface area contributed by atoms with Crippen molar-refractivity contribution in [3.8, 4) is 6.07 Å². The van der Waals surface area contributed by atoms with E-state index in [1.54, 1.807) is 0 Å². The van der Waals surface area contributed by atoms with Gasteiger partial charge in [-0.25, -0.2) is 0 Å². The Morgan fingerprint density at radius 1 is 1.14 bits per heavy atom. The lowest BCUT2D eigenvalue weighted by Crippen LogP contribution is -2.46. The second kappa shape index (κ2) is 9.92. The molecule has 1 N–H and O–H groups in total. The SMILES string of the molecule is CCCc1cc(CNS(=O)(=O)N2CCC(C(F)(F)F)CC2)cc(CCC)c1C#N. The van der Waals surface area contributed by atoms with Gasteiger partial charge in [-0.1, -0.05) is 38.8 Å². The maximum absolute atomic E-state index is 12.8. The van der Waals surface area contributed by atoms with Crippen LogP contribution >= 0.6 is 0 Å². The Morgan fingerprint density at radius 2 is 1.66 bits per heavy atom. The lowest BCUT2D eigenvalue weighted by atomic mass is 9.93. The minimum Gasteiger partial charge on any atom is -0.198 e. The summed E-state index contributed by atoms with van der Waals surface area (Å²) in [6.45, 7) is 3.78. The lowest BCUT2D eigenvalue weighted by molar-refractivity contribution is -0.182. The third-order valence-corrected chi connectivity index (χ3v) is 6.78. The summed E-state index contributed by atoms with van der Waals surface area (Å²) in [5, 5.41) is 9.50. The molecule has 1 fully saturated rings. The van der Waals surface area contributed by atoms with Crippen molar-refractivity contribution in [2.75, 3.05) is 13.1 Å². The smallest absolute Gasteiger partial charge is 0.198 e. The van der Waals surface area contributed by atoms with E-state index >= 15 is 0 Å². The number of nitriles is 1. The zero-order valence-corrected chi connectivity index (χ0v) is 17.7. The second-order valence-corrected chi connectivity index (χ2v) is 9.20. The van der Waals surface area contributed by atoms with E-state index in [9.17, 15) is 26.9 Å². The molecular formula is C20H28F3N3O2S. The van der Waals surface area contributed by atoms with Gasteiger partial charge in [0.25, 0.3) is 10.2 Å². The molecule has 1 aromatic rings. The van der Waals surface area contributed by atoms with Gasteiger partial charge in [-0.05, 0) is 42.4 Å². The number of benzene rings is 1. The Bertz CT molecular complexity index is 813. The maximum Gasteiger partial charge on any atom is 0.391 e. The molecule has 0 aromatic heterocycles. The molecule has 0 radical (unpaired) electrons. The number of alkyl halides is 3. The first-order valence-electron chi connectivity index (χ1n) is 9.98. The lowest BCUT2D eigenvalue weighted by Gasteiger charge is -2.32. The highest BCUT2D eigenvalue weighted by atomic mass is 32.2. The molecule has 1 aromatic carbocycles. The third-order valence-electron chi connectivity index (χ3n) is 5.23. The maximum atomic E-state index is 12.8. The minimum absolute atomic E-state index is 0.0423. The molecular weight excluding hydrogens is 403 g/mol. The largest absolute Gasteiger partial charge is 0.391 e. The standard InChI is InChI=1S/C20H28F3N3O2S/c1-3-5-16-11-15(12-17(6-4-2)19(16)13-24)14-25-29(27,28)26-9-7-18(8-10-26)20(21,22)23/h11-12,18,25H,3-10,14H2,1-2H3. The van der Waals surface area contributed by atoms with E-state index < -0.39 is 22.3 Å². The molecule has 1 heterocycles. The molecule has 1 aliphatic heterocycles. The number of halogens is 3. The predicted molar refractivity (Wildman–Crippen MR) is 105 cm³/mol. The van der Waals surface area contributed by atoms with Gasteiger partial charge in [0.1, 0.15) is 0 Å². The van der Waals surface area contributed by atoms with Crippen molar-refractivity contribution >= 4 is 10.2 Å². The van der Waals surface area contributed by atoms with Gasteiger partial charge in [-0.3, -0.25) is 0 Å². The number of hydrogen-bond donors (Lipinski definition) is 1. The molecule has 0 aliphatic carbocycles. The molecule has 0 amide bonds. The van der Waals surface area contributed by atoms with Gasteiger partial charge >= 0.3 is 6.18 Å². The average molecular weight is 432 g/mol. The van der Waals surface area contributed by atoms with E-state index in [0.717, 1.165) is 46.7 Å². The van der Waals surface area contributed by atoms with Crippen molar-refractivity contribution in [3.05, 3.63) is 34.4 Å². The summed E-state index contributed by atoms with van der Waals surface area (Å²) in [7, 11) is -3.87. The van der Waals surface area contributed by atoms with Crippen LogP contribution in [0.4, 0.5) is 13.2 Å². The highest BCUT2D eigenvalue weighted by molar-refractivity contribution is 7.87. The topological polar surface area (TPSA) is 73.2 Å². The average Bonchev–Trinajstić information content (AvgIpc) is 2.66. The fourth-order valence-electron chi connectivity index (χ4n) is 3.71. The van der Waals surface area contributed by atoms with Crippen molar-refractivity contribution in [1.82, 2.24) is 9.03 Å². The van der Waals surface area contributed by atoms with Gasteiger partial charge in [-0.2, -0.15) is 35.9 Å². The Morgan fingerprint density at radius 3 is 2.07 bits per heavy atom. The first kappa shape index (κ1) is 23.6. The van der Waals surface area contributed by atoms with Crippen molar-refractivity contribution in [3.63, 3.8) is 0 Å². The quantitative estimate of drug-likeness (QED) is 0.674. The minimum atomic E-state index is -4.28. The van der Waals surface area contributed by atoms with Crippen LogP contribution in [0, 0.1) is 17.2 Å². The molecule has 0 bridgehead atoms. The number of aryl methyl sites for hydroxylation is 2. The molecule has 1 saturated heterocycles. The highest BCUT2D eigenvalue weighted by Crippen LogP contribution is 2.34. The molecule has 9 heteroatoms. The van der Waals surface area contributed by atoms with Crippen molar-refractivity contribution in [2.24, 2.45) is 5.92 Å². The molecule has 5 nitrogen and oxygen atoms in total. The van der Waals surface area contributed by atoms with Crippen LogP contribution in [0.25, 0.3) is 0 Å². The van der Waals surface area contributed by atoms with Crippen LogP contribution < -0.4 is 4.72 Å². The van der Waals surface area contributed by atoms with Gasteiger partial charge in [0.05, 0.1) is 17.6 Å². The molecule has 0 unspecified atom stereocenters. The zero-order chi connectivity index (χ0) is 21.7. The van der Waals surface area contributed by atoms with Crippen LogP contribution in [0.5, 0.6) is 0 Å². The first-order valence-corrected chi connectivity index (χ1v) is 11.4. The van der Waals surface area contributed by atoms with E-state index in [0.29, 0.717) is 5.56 Å². The number of nitrogens with zero attached hydrogens (tertiary/aromatic N) is 2. The third kappa shape index (κ3) is 6.17. The molecule has 162 valence electrons. The summed E-state index contributed by atoms with van der Waals surface area (Å²) >= 11 is 0. The number of nitrogens with one attached hydrogen (secondary N) is 1. The summed E-state index contributed by atoms with van der Waals surface area (Å²) in [6.07, 6.45) is -1.54. The fourth-order valence-corrected chi connectivity index (χ4v) is 4.93. The van der Waals surface area contributed by atoms with Gasteiger partial charge < -0.3 is 0 Å². The Labute approximate surface area is 171 Å². The highest BCUT2D eigenvalue weighted by Gasteiger charge is 2.42. The summed E-state index contributed by atoms with van der Waals surface area (Å²) < 4.78 is 67.0. The van der Waals surface area contributed by atoms with E-state index in [1.807, 2.05) is 26.0 Å². The predicted octanol–water partition coefficient (Wildman–Crippen LogP) is 4.07. The molecule has 1 aliphatic rings. The Balaban J connectivity index is 2.11. The van der Waals surface area contributed by atoms with Crippen LogP contribution in [0.15, 0.2) is 12.1 Å². The van der Waals surface area contributed by atoms with Crippen LogP contribution in [-0.4, -0.2) is 32.0 Å². The monoisotopic (exact) mass is 431 g/mol. The molecule has 2 rings (SSSR count). The molecule has 29 heavy (non-hydrogen) atoms. The first-order chi connectivity index (χ1) is 13.6. The van der Waals surface area contributed by atoms with E-state index in [4.69, 9.17) is 0 Å². The number of rotatable bonds is 8. The van der Waals surface area contributed by atoms with Gasteiger partial charge in [0.15, 0.2) is 0 Å². The molecule has 0 saturated carbocycles. The van der Waals surface area contributed by atoms with Crippen molar-refractivity contribution in [1.29, 1.82) is 5.26 Å². The van der Waals surface area contributed by atoms with Crippen molar-refractivity contribution in [2.45, 2.75) is 65.1 Å². The van der Waals surface area contributed by atoms with Crippen LogP contribution in [0.2, 0.25) is 0 Å². The fraction of sp³-hybridized carbons (Fsp3) is 0.650. The zero-order valence-electron chi connectivity index (χ0n) is 16.8. The van der Waals surface area contributed by atoms with E-state index in [1.165, 1.54) is 0 Å². The normalized spacial score (nSPS) is 16.7. The summed E-state index contributed by atoms with van der Waals surface area (Å²) in [5.41, 5.74) is 3.22. The summed E-state index contributed by atoms with van der Waals surface area (Å²) in [5.74, 6) is -1.44. The summed E-state index contributed by atoms with van der Waals surface area (Å²) in [4.78, 5) is 0. The summed E-state index contributed by atoms with van der Waals surface area (Å²) in [6, 6.07) is 5.96.